The summed E-state index contributed by atoms with van der Waals surface area (Å²) in [5, 5.41) is 5.41. The molecule has 144 valence electrons. The van der Waals surface area contributed by atoms with Gasteiger partial charge in [-0.1, -0.05) is 30.3 Å². The number of nitrogens with one attached hydrogen (secondary N) is 1. The maximum Gasteiger partial charge on any atom is 0.410 e. The van der Waals surface area contributed by atoms with E-state index in [1.807, 2.05) is 56.5 Å². The quantitative estimate of drug-likeness (QED) is 0.847. The Bertz CT molecular complexity index is 798. The lowest BCUT2D eigenvalue weighted by Gasteiger charge is -2.33. The van der Waals surface area contributed by atoms with Gasteiger partial charge in [-0.25, -0.2) is 9.78 Å². The van der Waals surface area contributed by atoms with Gasteiger partial charge >= 0.3 is 6.09 Å². The minimum absolute atomic E-state index is 0.0998. The van der Waals surface area contributed by atoms with Crippen molar-refractivity contribution in [3.8, 4) is 11.3 Å². The second-order valence-corrected chi connectivity index (χ2v) is 8.52. The molecule has 27 heavy (non-hydrogen) atoms. The van der Waals surface area contributed by atoms with Gasteiger partial charge in [0.25, 0.3) is 0 Å². The highest BCUT2D eigenvalue weighted by molar-refractivity contribution is 7.14. The first kappa shape index (κ1) is 19.4. The molecular weight excluding hydrogens is 362 g/mol. The number of benzene rings is 1. The molecule has 1 aromatic heterocycles. The first-order valence-corrected chi connectivity index (χ1v) is 9.99. The zero-order valence-corrected chi connectivity index (χ0v) is 16.7. The molecule has 2 heterocycles. The summed E-state index contributed by atoms with van der Waals surface area (Å²) < 4.78 is 5.42. The molecule has 1 saturated heterocycles. The normalized spacial score (nSPS) is 17.4. The van der Waals surface area contributed by atoms with Gasteiger partial charge in [0.05, 0.1) is 11.6 Å². The van der Waals surface area contributed by atoms with E-state index in [1.54, 1.807) is 4.90 Å². The molecule has 0 spiro atoms. The van der Waals surface area contributed by atoms with Crippen LogP contribution in [-0.4, -0.2) is 40.6 Å². The van der Waals surface area contributed by atoms with Gasteiger partial charge in [0.2, 0.25) is 5.91 Å². The molecule has 2 aromatic rings. The second-order valence-electron chi connectivity index (χ2n) is 7.66. The molecule has 1 N–H and O–H groups in total. The summed E-state index contributed by atoms with van der Waals surface area (Å²) in [6, 6.07) is 9.85. The molecule has 1 aliphatic rings. The number of carbonyl (C=O) groups excluding carboxylic acids is 2. The Labute approximate surface area is 163 Å². The molecule has 7 heteroatoms. The first-order valence-electron chi connectivity index (χ1n) is 9.11. The van der Waals surface area contributed by atoms with E-state index in [9.17, 15) is 9.59 Å². The number of hydrogen-bond acceptors (Lipinski definition) is 5. The number of anilines is 1. The van der Waals surface area contributed by atoms with E-state index in [4.69, 9.17) is 4.74 Å². The molecule has 0 saturated carbocycles. The van der Waals surface area contributed by atoms with Gasteiger partial charge in [-0.2, -0.15) is 0 Å². The summed E-state index contributed by atoms with van der Waals surface area (Å²) >= 11 is 1.40. The molecule has 0 radical (unpaired) electrons. The number of amides is 2. The van der Waals surface area contributed by atoms with Crippen molar-refractivity contribution >= 4 is 28.5 Å². The van der Waals surface area contributed by atoms with Gasteiger partial charge in [-0.05, 0) is 33.6 Å². The fraction of sp³-hybridized carbons (Fsp3) is 0.450. The molecule has 2 amide bonds. The zero-order valence-electron chi connectivity index (χ0n) is 15.9. The molecule has 6 nitrogen and oxygen atoms in total. The minimum Gasteiger partial charge on any atom is -0.444 e. The van der Waals surface area contributed by atoms with E-state index in [1.165, 1.54) is 11.3 Å². The number of likely N-dealkylation sites (tertiary alicyclic amines) is 1. The van der Waals surface area contributed by atoms with Gasteiger partial charge in [-0.3, -0.25) is 4.79 Å². The Morgan fingerprint density at radius 2 is 2.00 bits per heavy atom. The molecule has 1 atom stereocenters. The van der Waals surface area contributed by atoms with Crippen molar-refractivity contribution in [3.63, 3.8) is 0 Å². The van der Waals surface area contributed by atoms with E-state index in [0.29, 0.717) is 18.2 Å². The van der Waals surface area contributed by atoms with E-state index in [2.05, 4.69) is 10.3 Å². The maximum atomic E-state index is 12.6. The van der Waals surface area contributed by atoms with Crippen molar-refractivity contribution in [3.05, 3.63) is 35.7 Å². The maximum absolute atomic E-state index is 12.6. The molecular formula is C20H25N3O3S. The van der Waals surface area contributed by atoms with Gasteiger partial charge in [0.1, 0.15) is 5.60 Å². The Hall–Kier alpha value is -2.41. The third kappa shape index (κ3) is 5.29. The molecule has 1 unspecified atom stereocenters. The van der Waals surface area contributed by atoms with Crippen molar-refractivity contribution in [2.24, 2.45) is 5.92 Å². The van der Waals surface area contributed by atoms with E-state index in [0.717, 1.165) is 24.1 Å². The van der Waals surface area contributed by atoms with Gasteiger partial charge in [0.15, 0.2) is 5.13 Å². The van der Waals surface area contributed by atoms with Gasteiger partial charge < -0.3 is 15.0 Å². The number of piperidine rings is 1. The number of thiazole rings is 1. The minimum atomic E-state index is -0.541. The van der Waals surface area contributed by atoms with Crippen LogP contribution >= 0.6 is 11.3 Å². The summed E-state index contributed by atoms with van der Waals surface area (Å²) in [7, 11) is 0. The smallest absolute Gasteiger partial charge is 0.410 e. The van der Waals surface area contributed by atoms with Crippen molar-refractivity contribution in [2.75, 3.05) is 18.4 Å². The van der Waals surface area contributed by atoms with Crippen molar-refractivity contribution in [1.29, 1.82) is 0 Å². The molecule has 1 fully saturated rings. The van der Waals surface area contributed by atoms with Crippen LogP contribution in [0.15, 0.2) is 35.7 Å². The summed E-state index contributed by atoms with van der Waals surface area (Å²) in [6.07, 6.45) is 1.17. The zero-order chi connectivity index (χ0) is 19.4. The predicted octanol–water partition coefficient (Wildman–Crippen LogP) is 4.40. The lowest BCUT2D eigenvalue weighted by molar-refractivity contribution is -0.121. The van der Waals surface area contributed by atoms with Crippen LogP contribution in [0.3, 0.4) is 0 Å². The van der Waals surface area contributed by atoms with Crippen LogP contribution in [0, 0.1) is 5.92 Å². The van der Waals surface area contributed by atoms with Crippen LogP contribution in [0.2, 0.25) is 0 Å². The third-order valence-corrected chi connectivity index (χ3v) is 5.01. The lowest BCUT2D eigenvalue weighted by atomic mass is 9.97. The SMILES string of the molecule is CC(C)(C)OC(=O)N1CCCC(C(=O)Nc2nc(-c3ccccc3)cs2)C1. The Kier molecular flexibility index (Phi) is 5.79. The standard InChI is InChI=1S/C20H25N3O3S/c1-20(2,3)26-19(25)23-11-7-10-15(12-23)17(24)22-18-21-16(13-27-18)14-8-5-4-6-9-14/h4-6,8-9,13,15H,7,10-12H2,1-3H3,(H,21,22,24). The third-order valence-electron chi connectivity index (χ3n) is 4.25. The average molecular weight is 388 g/mol. The Morgan fingerprint density at radius 3 is 2.70 bits per heavy atom. The largest absolute Gasteiger partial charge is 0.444 e. The highest BCUT2D eigenvalue weighted by Crippen LogP contribution is 2.26. The van der Waals surface area contributed by atoms with Crippen LogP contribution in [0.5, 0.6) is 0 Å². The van der Waals surface area contributed by atoms with Crippen LogP contribution < -0.4 is 5.32 Å². The van der Waals surface area contributed by atoms with Crippen LogP contribution in [-0.2, 0) is 9.53 Å². The molecule has 1 aromatic carbocycles. The summed E-state index contributed by atoms with van der Waals surface area (Å²) in [6.45, 7) is 6.51. The van der Waals surface area contributed by atoms with E-state index < -0.39 is 5.60 Å². The van der Waals surface area contributed by atoms with E-state index in [-0.39, 0.29) is 17.9 Å². The lowest BCUT2D eigenvalue weighted by Crippen LogP contribution is -2.45. The molecule has 0 aliphatic carbocycles. The van der Waals surface area contributed by atoms with Crippen LogP contribution in [0.4, 0.5) is 9.93 Å². The number of aromatic nitrogens is 1. The number of hydrogen-bond donors (Lipinski definition) is 1. The number of ether oxygens (including phenoxy) is 1. The number of nitrogens with zero attached hydrogens (tertiary/aromatic N) is 2. The summed E-state index contributed by atoms with van der Waals surface area (Å²) in [4.78, 5) is 31.0. The van der Waals surface area contributed by atoms with Crippen LogP contribution in [0.25, 0.3) is 11.3 Å². The fourth-order valence-corrected chi connectivity index (χ4v) is 3.69. The Morgan fingerprint density at radius 1 is 1.26 bits per heavy atom. The van der Waals surface area contributed by atoms with Gasteiger partial charge in [0, 0.05) is 24.0 Å². The van der Waals surface area contributed by atoms with Crippen molar-refractivity contribution < 1.29 is 14.3 Å². The van der Waals surface area contributed by atoms with Gasteiger partial charge in [-0.15, -0.1) is 11.3 Å². The summed E-state index contributed by atoms with van der Waals surface area (Å²) in [5.74, 6) is -0.354. The number of rotatable bonds is 3. The van der Waals surface area contributed by atoms with Crippen molar-refractivity contribution in [2.45, 2.75) is 39.2 Å². The molecule has 0 bridgehead atoms. The monoisotopic (exact) mass is 387 g/mol. The average Bonchev–Trinajstić information content (AvgIpc) is 3.09. The predicted molar refractivity (Wildman–Crippen MR) is 107 cm³/mol. The summed E-state index contributed by atoms with van der Waals surface area (Å²) in [5.41, 5.74) is 1.32. The molecule has 1 aliphatic heterocycles. The Balaban J connectivity index is 1.59. The number of carbonyl (C=O) groups is 2. The van der Waals surface area contributed by atoms with Crippen molar-refractivity contribution in [1.82, 2.24) is 9.88 Å². The highest BCUT2D eigenvalue weighted by Gasteiger charge is 2.31. The van der Waals surface area contributed by atoms with Crippen LogP contribution in [0.1, 0.15) is 33.6 Å². The molecule has 3 rings (SSSR count). The fourth-order valence-electron chi connectivity index (χ4n) is 2.96. The topological polar surface area (TPSA) is 71.5 Å². The highest BCUT2D eigenvalue weighted by atomic mass is 32.1. The van der Waals surface area contributed by atoms with E-state index >= 15 is 0 Å². The second kappa shape index (κ2) is 8.08. The first-order chi connectivity index (χ1) is 12.8.